The maximum atomic E-state index is 12.2. The number of amides is 1. The van der Waals surface area contributed by atoms with Crippen LogP contribution in [0.25, 0.3) is 10.2 Å². The summed E-state index contributed by atoms with van der Waals surface area (Å²) >= 11 is 3.04. The number of nitrogens with zero attached hydrogens (tertiary/aromatic N) is 1. The van der Waals surface area contributed by atoms with Gasteiger partial charge in [0.1, 0.15) is 5.75 Å². The van der Waals surface area contributed by atoms with Crippen LogP contribution in [0.2, 0.25) is 0 Å². The van der Waals surface area contributed by atoms with Crippen LogP contribution in [0.3, 0.4) is 0 Å². The summed E-state index contributed by atoms with van der Waals surface area (Å²) in [7, 11) is 4.81. The Morgan fingerprint density at radius 2 is 1.78 bits per heavy atom. The molecule has 0 bridgehead atoms. The van der Waals surface area contributed by atoms with E-state index >= 15 is 0 Å². The fraction of sp³-hybridized carbons (Fsp3) is 0.263. The third kappa shape index (κ3) is 4.84. The smallest absolute Gasteiger partial charge is 0.226 e. The van der Waals surface area contributed by atoms with Crippen molar-refractivity contribution in [3.8, 4) is 17.2 Å². The van der Waals surface area contributed by atoms with Crippen LogP contribution in [0.5, 0.6) is 17.2 Å². The SMILES string of the molecule is COc1ccc(SCCC(=O)Nc2nc3cc(OC)c(OC)cc3s2)cc1. The van der Waals surface area contributed by atoms with Gasteiger partial charge in [-0.25, -0.2) is 4.98 Å². The summed E-state index contributed by atoms with van der Waals surface area (Å²) in [5, 5.41) is 3.43. The van der Waals surface area contributed by atoms with E-state index in [-0.39, 0.29) is 5.91 Å². The van der Waals surface area contributed by atoms with Gasteiger partial charge < -0.3 is 19.5 Å². The molecule has 0 spiro atoms. The number of carbonyl (C=O) groups excluding carboxylic acids is 1. The first kappa shape index (κ1) is 19.3. The molecule has 0 aliphatic heterocycles. The molecule has 0 saturated carbocycles. The van der Waals surface area contributed by atoms with Crippen LogP contribution in [-0.2, 0) is 4.79 Å². The van der Waals surface area contributed by atoms with E-state index in [4.69, 9.17) is 14.2 Å². The number of thioether (sulfide) groups is 1. The minimum atomic E-state index is -0.0611. The molecule has 1 heterocycles. The van der Waals surface area contributed by atoms with Crippen molar-refractivity contribution in [2.45, 2.75) is 11.3 Å². The highest BCUT2D eigenvalue weighted by molar-refractivity contribution is 7.99. The Labute approximate surface area is 165 Å². The van der Waals surface area contributed by atoms with E-state index in [1.54, 1.807) is 39.2 Å². The van der Waals surface area contributed by atoms with Gasteiger partial charge in [-0.2, -0.15) is 0 Å². The van der Waals surface area contributed by atoms with Gasteiger partial charge in [-0.15, -0.1) is 11.8 Å². The van der Waals surface area contributed by atoms with Crippen LogP contribution in [0.15, 0.2) is 41.3 Å². The van der Waals surface area contributed by atoms with Crippen molar-refractivity contribution in [1.29, 1.82) is 0 Å². The highest BCUT2D eigenvalue weighted by atomic mass is 32.2. The van der Waals surface area contributed by atoms with Crippen LogP contribution < -0.4 is 19.5 Å². The normalized spacial score (nSPS) is 10.6. The molecule has 0 aliphatic carbocycles. The molecule has 6 nitrogen and oxygen atoms in total. The molecular formula is C19H20N2O4S2. The fourth-order valence-corrected chi connectivity index (χ4v) is 4.17. The van der Waals surface area contributed by atoms with E-state index in [1.165, 1.54) is 11.3 Å². The lowest BCUT2D eigenvalue weighted by atomic mass is 10.3. The first-order chi connectivity index (χ1) is 13.1. The van der Waals surface area contributed by atoms with E-state index in [2.05, 4.69) is 10.3 Å². The third-order valence-electron chi connectivity index (χ3n) is 3.80. The molecule has 1 N–H and O–H groups in total. The number of methoxy groups -OCH3 is 3. The molecule has 0 saturated heterocycles. The Morgan fingerprint density at radius 1 is 1.07 bits per heavy atom. The highest BCUT2D eigenvalue weighted by Crippen LogP contribution is 2.36. The van der Waals surface area contributed by atoms with Crippen molar-refractivity contribution >= 4 is 44.4 Å². The Balaban J connectivity index is 1.57. The number of thiazole rings is 1. The number of rotatable bonds is 8. The zero-order chi connectivity index (χ0) is 19.2. The van der Waals surface area contributed by atoms with Gasteiger partial charge in [0, 0.05) is 29.2 Å². The van der Waals surface area contributed by atoms with Gasteiger partial charge >= 0.3 is 0 Å². The van der Waals surface area contributed by atoms with E-state index < -0.39 is 0 Å². The second-order valence-corrected chi connectivity index (χ2v) is 7.72. The number of nitrogens with one attached hydrogen (secondary N) is 1. The number of hydrogen-bond acceptors (Lipinski definition) is 7. The molecule has 0 radical (unpaired) electrons. The van der Waals surface area contributed by atoms with Crippen LogP contribution in [-0.4, -0.2) is 38.0 Å². The molecule has 0 aliphatic rings. The van der Waals surface area contributed by atoms with Gasteiger partial charge in [-0.3, -0.25) is 4.79 Å². The topological polar surface area (TPSA) is 69.7 Å². The molecule has 1 amide bonds. The maximum absolute atomic E-state index is 12.2. The number of hydrogen-bond donors (Lipinski definition) is 1. The maximum Gasteiger partial charge on any atom is 0.226 e. The van der Waals surface area contributed by atoms with Gasteiger partial charge in [-0.05, 0) is 24.3 Å². The van der Waals surface area contributed by atoms with Crippen LogP contribution in [0.1, 0.15) is 6.42 Å². The predicted octanol–water partition coefficient (Wildman–Crippen LogP) is 4.44. The molecule has 1 aromatic heterocycles. The number of carbonyl (C=O) groups is 1. The molecule has 8 heteroatoms. The van der Waals surface area contributed by atoms with Crippen molar-refractivity contribution in [3.63, 3.8) is 0 Å². The molecule has 0 fully saturated rings. The van der Waals surface area contributed by atoms with Gasteiger partial charge in [0.15, 0.2) is 16.6 Å². The Bertz CT molecular complexity index is 884. The van der Waals surface area contributed by atoms with Crippen molar-refractivity contribution in [2.75, 3.05) is 32.4 Å². The Morgan fingerprint density at radius 3 is 2.44 bits per heavy atom. The average Bonchev–Trinajstić information content (AvgIpc) is 3.08. The first-order valence-corrected chi connectivity index (χ1v) is 10.0. The fourth-order valence-electron chi connectivity index (χ4n) is 2.42. The van der Waals surface area contributed by atoms with Crippen LogP contribution in [0.4, 0.5) is 5.13 Å². The van der Waals surface area contributed by atoms with Crippen LogP contribution >= 0.6 is 23.1 Å². The zero-order valence-electron chi connectivity index (χ0n) is 15.3. The number of aromatic nitrogens is 1. The predicted molar refractivity (Wildman–Crippen MR) is 110 cm³/mol. The summed E-state index contributed by atoms with van der Waals surface area (Å²) in [6.07, 6.45) is 0.402. The van der Waals surface area contributed by atoms with Crippen LogP contribution in [0, 0.1) is 0 Å². The summed E-state index contributed by atoms with van der Waals surface area (Å²) < 4.78 is 16.7. The minimum absolute atomic E-state index is 0.0611. The molecule has 0 atom stereocenters. The molecule has 142 valence electrons. The van der Waals surface area contributed by atoms with Crippen molar-refractivity contribution in [2.24, 2.45) is 0 Å². The van der Waals surface area contributed by atoms with E-state index in [0.29, 0.717) is 28.8 Å². The average molecular weight is 405 g/mol. The summed E-state index contributed by atoms with van der Waals surface area (Å²) in [4.78, 5) is 17.8. The van der Waals surface area contributed by atoms with Gasteiger partial charge in [-0.1, -0.05) is 11.3 Å². The lowest BCUT2D eigenvalue weighted by molar-refractivity contribution is -0.115. The number of ether oxygens (including phenoxy) is 3. The Kier molecular flexibility index (Phi) is 6.41. The van der Waals surface area contributed by atoms with E-state index in [0.717, 1.165) is 20.9 Å². The molecule has 0 unspecified atom stereocenters. The van der Waals surface area contributed by atoms with Crippen molar-refractivity contribution < 1.29 is 19.0 Å². The summed E-state index contributed by atoms with van der Waals surface area (Å²) in [6, 6.07) is 11.4. The number of benzene rings is 2. The quantitative estimate of drug-likeness (QED) is 0.560. The zero-order valence-corrected chi connectivity index (χ0v) is 16.9. The summed E-state index contributed by atoms with van der Waals surface area (Å²) in [6.45, 7) is 0. The number of fused-ring (bicyclic) bond motifs is 1. The third-order valence-corrected chi connectivity index (χ3v) is 5.74. The van der Waals surface area contributed by atoms with Crippen molar-refractivity contribution in [1.82, 2.24) is 4.98 Å². The largest absolute Gasteiger partial charge is 0.497 e. The molecular weight excluding hydrogens is 384 g/mol. The highest BCUT2D eigenvalue weighted by Gasteiger charge is 2.12. The second-order valence-electron chi connectivity index (χ2n) is 5.52. The van der Waals surface area contributed by atoms with Gasteiger partial charge in [0.2, 0.25) is 5.91 Å². The van der Waals surface area contributed by atoms with Crippen molar-refractivity contribution in [3.05, 3.63) is 36.4 Å². The molecule has 3 aromatic rings. The lowest BCUT2D eigenvalue weighted by Gasteiger charge is -2.05. The lowest BCUT2D eigenvalue weighted by Crippen LogP contribution is -2.11. The molecule has 2 aromatic carbocycles. The van der Waals surface area contributed by atoms with Gasteiger partial charge in [0.05, 0.1) is 31.5 Å². The molecule has 27 heavy (non-hydrogen) atoms. The monoisotopic (exact) mass is 404 g/mol. The first-order valence-electron chi connectivity index (χ1n) is 8.22. The second kappa shape index (κ2) is 8.96. The summed E-state index contributed by atoms with van der Waals surface area (Å²) in [5.41, 5.74) is 0.764. The number of anilines is 1. The van der Waals surface area contributed by atoms with Gasteiger partial charge in [0.25, 0.3) is 0 Å². The molecule has 3 rings (SSSR count). The minimum Gasteiger partial charge on any atom is -0.497 e. The Hall–Kier alpha value is -2.45. The standard InChI is InChI=1S/C19H20N2O4S2/c1-23-12-4-6-13(7-5-12)26-9-8-18(22)21-19-20-14-10-15(24-2)16(25-3)11-17(14)27-19/h4-7,10-11H,8-9H2,1-3H3,(H,20,21,22). The van der Waals surface area contributed by atoms with E-state index in [1.807, 2.05) is 30.3 Å². The summed E-state index contributed by atoms with van der Waals surface area (Å²) in [5.74, 6) is 2.70. The van der Waals surface area contributed by atoms with E-state index in [9.17, 15) is 4.79 Å².